The van der Waals surface area contributed by atoms with Gasteiger partial charge in [-0.15, -0.1) is 0 Å². The standard InChI is InChI=1S/C14H13Cl2N3O/c1-2-17-9-6-7-12(18-8-9)14(20)19-11-5-3-4-10(15)13(11)16/h3-8,17H,2H2,1H3,(H,19,20). The van der Waals surface area contributed by atoms with Crippen LogP contribution in [-0.4, -0.2) is 17.4 Å². The molecule has 0 unspecified atom stereocenters. The van der Waals surface area contributed by atoms with E-state index in [-0.39, 0.29) is 5.91 Å². The molecule has 0 fully saturated rings. The van der Waals surface area contributed by atoms with E-state index in [2.05, 4.69) is 15.6 Å². The number of nitrogens with one attached hydrogen (secondary N) is 2. The van der Waals surface area contributed by atoms with Crippen LogP contribution < -0.4 is 10.6 Å². The first-order valence-corrected chi connectivity index (χ1v) is 6.82. The van der Waals surface area contributed by atoms with Crippen LogP contribution >= 0.6 is 23.2 Å². The maximum absolute atomic E-state index is 12.1. The first kappa shape index (κ1) is 14.6. The molecule has 0 bridgehead atoms. The lowest BCUT2D eigenvalue weighted by Gasteiger charge is -2.08. The van der Waals surface area contributed by atoms with Gasteiger partial charge in [0.05, 0.1) is 27.6 Å². The summed E-state index contributed by atoms with van der Waals surface area (Å²) in [6.45, 7) is 2.78. The van der Waals surface area contributed by atoms with E-state index in [0.717, 1.165) is 12.2 Å². The Morgan fingerprint density at radius 3 is 2.70 bits per heavy atom. The number of carbonyl (C=O) groups is 1. The molecule has 0 radical (unpaired) electrons. The van der Waals surface area contributed by atoms with E-state index in [1.165, 1.54) is 0 Å². The van der Waals surface area contributed by atoms with E-state index < -0.39 is 0 Å². The second kappa shape index (κ2) is 6.59. The maximum Gasteiger partial charge on any atom is 0.274 e. The molecule has 0 aliphatic rings. The Morgan fingerprint density at radius 1 is 1.25 bits per heavy atom. The van der Waals surface area contributed by atoms with Gasteiger partial charge in [0, 0.05) is 6.54 Å². The Labute approximate surface area is 127 Å². The molecule has 0 spiro atoms. The average molecular weight is 310 g/mol. The molecule has 20 heavy (non-hydrogen) atoms. The Bertz CT molecular complexity index is 614. The molecule has 1 amide bonds. The van der Waals surface area contributed by atoms with Gasteiger partial charge in [0.25, 0.3) is 5.91 Å². The van der Waals surface area contributed by atoms with E-state index in [1.807, 2.05) is 6.92 Å². The first-order valence-electron chi connectivity index (χ1n) is 6.07. The lowest BCUT2D eigenvalue weighted by Crippen LogP contribution is -2.14. The zero-order valence-electron chi connectivity index (χ0n) is 10.8. The van der Waals surface area contributed by atoms with Gasteiger partial charge in [-0.05, 0) is 31.2 Å². The smallest absolute Gasteiger partial charge is 0.274 e. The van der Waals surface area contributed by atoms with Crippen LogP contribution in [0.4, 0.5) is 11.4 Å². The molecule has 4 nitrogen and oxygen atoms in total. The van der Waals surface area contributed by atoms with Gasteiger partial charge in [-0.1, -0.05) is 29.3 Å². The normalized spacial score (nSPS) is 10.2. The van der Waals surface area contributed by atoms with Crippen LogP contribution in [0, 0.1) is 0 Å². The number of halogens is 2. The number of rotatable bonds is 4. The molecular formula is C14H13Cl2N3O. The molecule has 1 aromatic heterocycles. The van der Waals surface area contributed by atoms with Gasteiger partial charge in [0.1, 0.15) is 5.69 Å². The highest BCUT2D eigenvalue weighted by Gasteiger charge is 2.11. The number of aromatic nitrogens is 1. The van der Waals surface area contributed by atoms with Crippen molar-refractivity contribution < 1.29 is 4.79 Å². The predicted octanol–water partition coefficient (Wildman–Crippen LogP) is 4.07. The lowest BCUT2D eigenvalue weighted by molar-refractivity contribution is 0.102. The molecule has 0 aliphatic heterocycles. The largest absolute Gasteiger partial charge is 0.384 e. The zero-order valence-corrected chi connectivity index (χ0v) is 12.3. The lowest BCUT2D eigenvalue weighted by atomic mass is 10.2. The van der Waals surface area contributed by atoms with E-state index in [0.29, 0.717) is 21.4 Å². The summed E-state index contributed by atoms with van der Waals surface area (Å²) >= 11 is 11.9. The summed E-state index contributed by atoms with van der Waals surface area (Å²) in [4.78, 5) is 16.1. The number of carbonyl (C=O) groups excluding carboxylic acids is 1. The molecule has 2 N–H and O–H groups in total. The second-order valence-electron chi connectivity index (χ2n) is 4.02. The number of hydrogen-bond donors (Lipinski definition) is 2. The van der Waals surface area contributed by atoms with E-state index in [1.54, 1.807) is 36.5 Å². The topological polar surface area (TPSA) is 54.0 Å². The average Bonchev–Trinajstić information content (AvgIpc) is 2.45. The van der Waals surface area contributed by atoms with Crippen LogP contribution in [0.15, 0.2) is 36.5 Å². The molecule has 2 aromatic rings. The molecule has 2 rings (SSSR count). The van der Waals surface area contributed by atoms with Gasteiger partial charge in [0.15, 0.2) is 0 Å². The summed E-state index contributed by atoms with van der Waals surface area (Å²) in [6, 6.07) is 8.49. The fourth-order valence-electron chi connectivity index (χ4n) is 1.62. The molecule has 0 aliphatic carbocycles. The monoisotopic (exact) mass is 309 g/mol. The Balaban J connectivity index is 2.13. The number of anilines is 2. The van der Waals surface area contributed by atoms with Crippen molar-refractivity contribution in [2.75, 3.05) is 17.2 Å². The van der Waals surface area contributed by atoms with Crippen molar-refractivity contribution in [1.29, 1.82) is 0 Å². The number of hydrogen-bond acceptors (Lipinski definition) is 3. The third kappa shape index (κ3) is 3.40. The van der Waals surface area contributed by atoms with Crippen LogP contribution in [0.25, 0.3) is 0 Å². The van der Waals surface area contributed by atoms with Crippen molar-refractivity contribution in [1.82, 2.24) is 4.98 Å². The molecule has 104 valence electrons. The summed E-state index contributed by atoms with van der Waals surface area (Å²) < 4.78 is 0. The van der Waals surface area contributed by atoms with Crippen LogP contribution in [0.5, 0.6) is 0 Å². The number of amides is 1. The number of nitrogens with zero attached hydrogens (tertiary/aromatic N) is 1. The molecule has 0 atom stereocenters. The van der Waals surface area contributed by atoms with Gasteiger partial charge in [0.2, 0.25) is 0 Å². The van der Waals surface area contributed by atoms with Crippen molar-refractivity contribution in [2.45, 2.75) is 6.92 Å². The Morgan fingerprint density at radius 2 is 2.05 bits per heavy atom. The van der Waals surface area contributed by atoms with Crippen LogP contribution in [-0.2, 0) is 0 Å². The molecule has 0 saturated carbocycles. The van der Waals surface area contributed by atoms with Gasteiger partial charge in [-0.25, -0.2) is 4.98 Å². The number of benzene rings is 1. The highest BCUT2D eigenvalue weighted by atomic mass is 35.5. The van der Waals surface area contributed by atoms with Gasteiger partial charge >= 0.3 is 0 Å². The summed E-state index contributed by atoms with van der Waals surface area (Å²) in [5.41, 5.74) is 1.63. The predicted molar refractivity (Wildman–Crippen MR) is 82.8 cm³/mol. The van der Waals surface area contributed by atoms with Crippen LogP contribution in [0.2, 0.25) is 10.0 Å². The van der Waals surface area contributed by atoms with Crippen molar-refractivity contribution in [3.8, 4) is 0 Å². The summed E-state index contributed by atoms with van der Waals surface area (Å²) in [5, 5.41) is 6.49. The fourth-order valence-corrected chi connectivity index (χ4v) is 1.97. The Kier molecular flexibility index (Phi) is 4.82. The van der Waals surface area contributed by atoms with Gasteiger partial charge in [-0.3, -0.25) is 4.79 Å². The summed E-state index contributed by atoms with van der Waals surface area (Å²) in [5.74, 6) is -0.336. The first-order chi connectivity index (χ1) is 9.61. The quantitative estimate of drug-likeness (QED) is 0.895. The van der Waals surface area contributed by atoms with E-state index in [4.69, 9.17) is 23.2 Å². The van der Waals surface area contributed by atoms with E-state index in [9.17, 15) is 4.79 Å². The minimum absolute atomic E-state index is 0.308. The van der Waals surface area contributed by atoms with Crippen molar-refractivity contribution >= 4 is 40.5 Å². The number of pyridine rings is 1. The second-order valence-corrected chi connectivity index (χ2v) is 4.80. The summed E-state index contributed by atoms with van der Waals surface area (Å²) in [6.07, 6.45) is 1.61. The molecule has 1 heterocycles. The third-order valence-electron chi connectivity index (χ3n) is 2.58. The minimum atomic E-state index is -0.336. The van der Waals surface area contributed by atoms with Crippen LogP contribution in [0.1, 0.15) is 17.4 Å². The zero-order chi connectivity index (χ0) is 14.5. The van der Waals surface area contributed by atoms with E-state index >= 15 is 0 Å². The Hall–Kier alpha value is -1.78. The van der Waals surface area contributed by atoms with Crippen molar-refractivity contribution in [3.05, 3.63) is 52.3 Å². The maximum atomic E-state index is 12.1. The van der Waals surface area contributed by atoms with Crippen LogP contribution in [0.3, 0.4) is 0 Å². The van der Waals surface area contributed by atoms with Crippen molar-refractivity contribution in [3.63, 3.8) is 0 Å². The molecule has 0 saturated heterocycles. The highest BCUT2D eigenvalue weighted by molar-refractivity contribution is 6.44. The minimum Gasteiger partial charge on any atom is -0.384 e. The van der Waals surface area contributed by atoms with Gasteiger partial charge in [-0.2, -0.15) is 0 Å². The molecule has 6 heteroatoms. The highest BCUT2D eigenvalue weighted by Crippen LogP contribution is 2.29. The summed E-state index contributed by atoms with van der Waals surface area (Å²) in [7, 11) is 0. The third-order valence-corrected chi connectivity index (χ3v) is 3.40. The van der Waals surface area contributed by atoms with Gasteiger partial charge < -0.3 is 10.6 Å². The fraction of sp³-hybridized carbons (Fsp3) is 0.143. The molecular weight excluding hydrogens is 297 g/mol. The SMILES string of the molecule is CCNc1ccc(C(=O)Nc2cccc(Cl)c2Cl)nc1. The molecule has 1 aromatic carbocycles. The van der Waals surface area contributed by atoms with Crippen molar-refractivity contribution in [2.24, 2.45) is 0 Å².